The molecule has 16 heavy (non-hydrogen) atoms. The van der Waals surface area contributed by atoms with E-state index in [0.717, 1.165) is 6.42 Å². The number of hydrogen-bond donors (Lipinski definition) is 3. The summed E-state index contributed by atoms with van der Waals surface area (Å²) in [5.41, 5.74) is 4.86. The van der Waals surface area contributed by atoms with Gasteiger partial charge < -0.3 is 21.1 Å². The van der Waals surface area contributed by atoms with E-state index in [0.29, 0.717) is 19.4 Å². The molecule has 4 N–H and O–H groups in total. The molecule has 1 rings (SSSR count). The van der Waals surface area contributed by atoms with Crippen molar-refractivity contribution in [3.05, 3.63) is 0 Å². The van der Waals surface area contributed by atoms with Gasteiger partial charge in [0.05, 0.1) is 7.11 Å². The van der Waals surface area contributed by atoms with Crippen LogP contribution in [0.1, 0.15) is 26.2 Å². The summed E-state index contributed by atoms with van der Waals surface area (Å²) in [5.74, 6) is -0.417. The number of nitrogens with one attached hydrogen (secondary N) is 2. The standard InChI is InChI=1S/C10H19N3O3/c1-3-4-12-9(15)13-7-5-10(11,6-7)8(14)16-2/h7H,3-6,11H2,1-2H3,(H2,12,13,15). The number of carbonyl (C=O) groups excluding carboxylic acids is 2. The fourth-order valence-electron chi connectivity index (χ4n) is 1.77. The molecule has 0 radical (unpaired) electrons. The number of hydrogen-bond acceptors (Lipinski definition) is 4. The van der Waals surface area contributed by atoms with Gasteiger partial charge in [-0.2, -0.15) is 0 Å². The number of amides is 2. The molecule has 1 aliphatic rings. The highest BCUT2D eigenvalue weighted by atomic mass is 16.5. The zero-order valence-electron chi connectivity index (χ0n) is 9.71. The SMILES string of the molecule is CCCNC(=O)NC1CC(N)(C(=O)OC)C1. The Hall–Kier alpha value is -1.30. The van der Waals surface area contributed by atoms with Gasteiger partial charge in [0, 0.05) is 12.6 Å². The molecule has 6 nitrogen and oxygen atoms in total. The molecule has 0 aromatic carbocycles. The predicted octanol–water partition coefficient (Wildman–Crippen LogP) is -0.271. The Bertz CT molecular complexity index is 274. The number of urea groups is 1. The lowest BCUT2D eigenvalue weighted by atomic mass is 9.73. The maximum atomic E-state index is 11.3. The van der Waals surface area contributed by atoms with Gasteiger partial charge in [0.15, 0.2) is 0 Å². The van der Waals surface area contributed by atoms with Crippen molar-refractivity contribution in [1.82, 2.24) is 10.6 Å². The Balaban J connectivity index is 2.25. The molecule has 0 aromatic heterocycles. The molecule has 1 saturated carbocycles. The van der Waals surface area contributed by atoms with Gasteiger partial charge in [0.2, 0.25) is 0 Å². The third kappa shape index (κ3) is 2.85. The van der Waals surface area contributed by atoms with Crippen LogP contribution in [-0.4, -0.2) is 37.2 Å². The van der Waals surface area contributed by atoms with Crippen LogP contribution in [0.25, 0.3) is 0 Å². The van der Waals surface area contributed by atoms with Gasteiger partial charge in [0.1, 0.15) is 5.54 Å². The van der Waals surface area contributed by atoms with Gasteiger partial charge in [-0.05, 0) is 19.3 Å². The number of carbonyl (C=O) groups is 2. The van der Waals surface area contributed by atoms with E-state index in [-0.39, 0.29) is 12.1 Å². The molecule has 0 unspecified atom stereocenters. The number of nitrogens with two attached hydrogens (primary N) is 1. The fraction of sp³-hybridized carbons (Fsp3) is 0.800. The molecule has 0 aromatic rings. The van der Waals surface area contributed by atoms with Crippen LogP contribution in [0.4, 0.5) is 4.79 Å². The monoisotopic (exact) mass is 229 g/mol. The van der Waals surface area contributed by atoms with Crippen LogP contribution in [0.3, 0.4) is 0 Å². The van der Waals surface area contributed by atoms with Gasteiger partial charge in [-0.3, -0.25) is 4.79 Å². The van der Waals surface area contributed by atoms with Crippen molar-refractivity contribution >= 4 is 12.0 Å². The maximum Gasteiger partial charge on any atom is 0.325 e. The first-order chi connectivity index (χ1) is 7.51. The molecule has 6 heteroatoms. The molecular formula is C10H19N3O3. The van der Waals surface area contributed by atoms with Crippen LogP contribution >= 0.6 is 0 Å². The van der Waals surface area contributed by atoms with Crippen LogP contribution in [0.2, 0.25) is 0 Å². The number of esters is 1. The Morgan fingerprint density at radius 2 is 2.12 bits per heavy atom. The normalized spacial score (nSPS) is 27.8. The van der Waals surface area contributed by atoms with Crippen molar-refractivity contribution in [2.45, 2.75) is 37.8 Å². The third-order valence-corrected chi connectivity index (χ3v) is 2.68. The summed E-state index contributed by atoms with van der Waals surface area (Å²) in [6.07, 6.45) is 1.75. The number of rotatable bonds is 4. The van der Waals surface area contributed by atoms with E-state index < -0.39 is 11.5 Å². The van der Waals surface area contributed by atoms with Gasteiger partial charge >= 0.3 is 12.0 Å². The lowest BCUT2D eigenvalue weighted by Gasteiger charge is -2.42. The summed E-state index contributed by atoms with van der Waals surface area (Å²) in [4.78, 5) is 22.5. The van der Waals surface area contributed by atoms with E-state index in [4.69, 9.17) is 5.73 Å². The predicted molar refractivity (Wildman–Crippen MR) is 58.8 cm³/mol. The zero-order valence-corrected chi connectivity index (χ0v) is 9.71. The Kier molecular flexibility index (Phi) is 4.12. The summed E-state index contributed by atoms with van der Waals surface area (Å²) in [7, 11) is 1.31. The average molecular weight is 229 g/mol. The Morgan fingerprint density at radius 3 is 2.62 bits per heavy atom. The van der Waals surface area contributed by atoms with E-state index in [1.165, 1.54) is 7.11 Å². The van der Waals surface area contributed by atoms with Crippen LogP contribution in [-0.2, 0) is 9.53 Å². The summed E-state index contributed by atoms with van der Waals surface area (Å²) in [5, 5.41) is 5.44. The molecule has 1 fully saturated rings. The molecular weight excluding hydrogens is 210 g/mol. The van der Waals surface area contributed by atoms with Crippen molar-refractivity contribution in [3.8, 4) is 0 Å². The minimum Gasteiger partial charge on any atom is -0.468 e. The van der Waals surface area contributed by atoms with Crippen LogP contribution < -0.4 is 16.4 Å². The summed E-state index contributed by atoms with van der Waals surface area (Å²) >= 11 is 0. The minimum absolute atomic E-state index is 0.0408. The minimum atomic E-state index is -0.919. The second-order valence-electron chi connectivity index (χ2n) is 4.15. The van der Waals surface area contributed by atoms with Crippen LogP contribution in [0.15, 0.2) is 0 Å². The second-order valence-corrected chi connectivity index (χ2v) is 4.15. The first kappa shape index (κ1) is 12.8. The van der Waals surface area contributed by atoms with Crippen LogP contribution in [0, 0.1) is 0 Å². The topological polar surface area (TPSA) is 93.5 Å². The van der Waals surface area contributed by atoms with Gasteiger partial charge in [-0.15, -0.1) is 0 Å². The Morgan fingerprint density at radius 1 is 1.50 bits per heavy atom. The largest absolute Gasteiger partial charge is 0.468 e. The van der Waals surface area contributed by atoms with Crippen LogP contribution in [0.5, 0.6) is 0 Å². The molecule has 92 valence electrons. The molecule has 0 atom stereocenters. The number of ether oxygens (including phenoxy) is 1. The Labute approximate surface area is 94.9 Å². The highest BCUT2D eigenvalue weighted by molar-refractivity contribution is 5.83. The van der Waals surface area contributed by atoms with Gasteiger partial charge in [-0.1, -0.05) is 6.92 Å². The van der Waals surface area contributed by atoms with E-state index in [1.54, 1.807) is 0 Å². The van der Waals surface area contributed by atoms with Gasteiger partial charge in [-0.25, -0.2) is 4.79 Å². The molecule has 0 saturated heterocycles. The summed E-state index contributed by atoms with van der Waals surface area (Å²) in [6, 6.07) is -0.250. The second kappa shape index (κ2) is 5.16. The van der Waals surface area contributed by atoms with Crippen molar-refractivity contribution in [3.63, 3.8) is 0 Å². The van der Waals surface area contributed by atoms with Crippen molar-refractivity contribution in [2.75, 3.05) is 13.7 Å². The average Bonchev–Trinajstić information content (AvgIpc) is 2.22. The van der Waals surface area contributed by atoms with E-state index in [1.807, 2.05) is 6.92 Å². The van der Waals surface area contributed by atoms with E-state index in [9.17, 15) is 9.59 Å². The third-order valence-electron chi connectivity index (χ3n) is 2.68. The molecule has 0 bridgehead atoms. The highest BCUT2D eigenvalue weighted by Gasteiger charge is 2.48. The van der Waals surface area contributed by atoms with Crippen molar-refractivity contribution < 1.29 is 14.3 Å². The van der Waals surface area contributed by atoms with Crippen molar-refractivity contribution in [2.24, 2.45) is 5.73 Å². The van der Waals surface area contributed by atoms with E-state index >= 15 is 0 Å². The molecule has 1 aliphatic carbocycles. The fourth-order valence-corrected chi connectivity index (χ4v) is 1.77. The molecule has 2 amide bonds. The smallest absolute Gasteiger partial charge is 0.325 e. The first-order valence-corrected chi connectivity index (χ1v) is 5.43. The first-order valence-electron chi connectivity index (χ1n) is 5.43. The molecule has 0 spiro atoms. The molecule has 0 heterocycles. The quantitative estimate of drug-likeness (QED) is 0.578. The number of methoxy groups -OCH3 is 1. The summed E-state index contributed by atoms with van der Waals surface area (Å²) < 4.78 is 4.58. The molecule has 0 aliphatic heterocycles. The van der Waals surface area contributed by atoms with Gasteiger partial charge in [0.25, 0.3) is 0 Å². The lowest BCUT2D eigenvalue weighted by Crippen LogP contribution is -2.65. The maximum absolute atomic E-state index is 11.3. The highest BCUT2D eigenvalue weighted by Crippen LogP contribution is 2.30. The van der Waals surface area contributed by atoms with Crippen molar-refractivity contribution in [1.29, 1.82) is 0 Å². The zero-order chi connectivity index (χ0) is 12.2. The van der Waals surface area contributed by atoms with E-state index in [2.05, 4.69) is 15.4 Å². The summed E-state index contributed by atoms with van der Waals surface area (Å²) in [6.45, 7) is 2.62. The lowest BCUT2D eigenvalue weighted by molar-refractivity contribution is -0.151.